The van der Waals surface area contributed by atoms with Gasteiger partial charge in [-0.05, 0) is 54.7 Å². The van der Waals surface area contributed by atoms with E-state index in [9.17, 15) is 34.4 Å². The average molecular weight is 624 g/mol. The monoisotopic (exact) mass is 623 g/mol. The molecule has 7 rings (SSSR count). The van der Waals surface area contributed by atoms with Gasteiger partial charge in [-0.3, -0.25) is 39.1 Å². The third-order valence-corrected chi connectivity index (χ3v) is 10.9. The van der Waals surface area contributed by atoms with E-state index in [0.29, 0.717) is 22.5 Å². The lowest BCUT2D eigenvalue weighted by atomic mass is 9.56. The van der Waals surface area contributed by atoms with Gasteiger partial charge in [0.15, 0.2) is 9.75 Å². The maximum absolute atomic E-state index is 14.0. The second-order valence-corrected chi connectivity index (χ2v) is 12.8. The number of nitrogens with zero attached hydrogens (tertiary/aromatic N) is 3. The molecular weight excluding hydrogens is 601 g/mol. The molecule has 5 aliphatic rings. The Balaban J connectivity index is 1.33. The zero-order valence-corrected chi connectivity index (χ0v) is 24.0. The fourth-order valence-electron chi connectivity index (χ4n) is 7.53. The van der Waals surface area contributed by atoms with Gasteiger partial charge in [-0.2, -0.15) is 0 Å². The highest BCUT2D eigenvalue weighted by molar-refractivity contribution is 6.53. The van der Waals surface area contributed by atoms with Crippen LogP contribution in [0.15, 0.2) is 65.9 Å². The number of likely N-dealkylation sites (tertiary alicyclic amines) is 1. The smallest absolute Gasteiger partial charge is 0.269 e. The van der Waals surface area contributed by atoms with E-state index in [1.165, 1.54) is 49.7 Å². The number of carbonyl (C=O) groups excluding carboxylic acids is 4. The summed E-state index contributed by atoms with van der Waals surface area (Å²) in [6, 6.07) is 9.77. The molecule has 2 aromatic carbocycles. The van der Waals surface area contributed by atoms with Crippen molar-refractivity contribution in [1.29, 1.82) is 0 Å². The number of allylic oxidation sites excluding steroid dienone is 3. The molecule has 13 heteroatoms. The molecule has 2 aromatic rings. The first-order valence-corrected chi connectivity index (χ1v) is 14.3. The van der Waals surface area contributed by atoms with Gasteiger partial charge in [0.2, 0.25) is 11.8 Å². The third kappa shape index (κ3) is 3.55. The number of nitro benzene ring substituents is 1. The van der Waals surface area contributed by atoms with Crippen molar-refractivity contribution in [2.45, 2.75) is 29.0 Å². The van der Waals surface area contributed by atoms with Crippen LogP contribution in [-0.2, 0) is 25.6 Å². The quantitative estimate of drug-likeness (QED) is 0.178. The number of hydrogen-bond acceptors (Lipinski definition) is 8. The van der Waals surface area contributed by atoms with E-state index in [1.54, 1.807) is 6.07 Å². The summed E-state index contributed by atoms with van der Waals surface area (Å²) in [4.78, 5) is 63.6. The number of imide groups is 2. The topological polar surface area (TPSA) is 147 Å². The summed E-state index contributed by atoms with van der Waals surface area (Å²) in [5, 5.41) is 21.2. The van der Waals surface area contributed by atoms with E-state index in [-0.39, 0.29) is 36.4 Å². The molecule has 2 saturated heterocycles. The third-order valence-electron chi connectivity index (χ3n) is 9.48. The number of alkyl halides is 2. The molecule has 43 heavy (non-hydrogen) atoms. The summed E-state index contributed by atoms with van der Waals surface area (Å²) < 4.78 is 5.88. The highest BCUT2D eigenvalue weighted by Crippen LogP contribution is 2.64. The molecule has 1 saturated carbocycles. The molecular formula is C30H23Cl2N3O8. The molecule has 0 spiro atoms. The summed E-state index contributed by atoms with van der Waals surface area (Å²) in [6.45, 7) is 0. The van der Waals surface area contributed by atoms with Gasteiger partial charge in [0.1, 0.15) is 11.5 Å². The molecule has 3 heterocycles. The van der Waals surface area contributed by atoms with Crippen molar-refractivity contribution in [2.75, 3.05) is 11.9 Å². The predicted molar refractivity (Wildman–Crippen MR) is 152 cm³/mol. The van der Waals surface area contributed by atoms with Gasteiger partial charge in [0.05, 0.1) is 28.7 Å². The summed E-state index contributed by atoms with van der Waals surface area (Å²) >= 11 is 14.4. The second kappa shape index (κ2) is 9.14. The van der Waals surface area contributed by atoms with Crippen LogP contribution in [0.4, 0.5) is 11.4 Å². The molecule has 2 aliphatic carbocycles. The Labute approximate surface area is 254 Å². The number of hydrogen-bond donors (Lipinski definition) is 1. The van der Waals surface area contributed by atoms with E-state index in [0.717, 1.165) is 9.80 Å². The Hall–Kier alpha value is -4.22. The lowest BCUT2D eigenvalue weighted by Crippen LogP contribution is -2.61. The fourth-order valence-corrected chi connectivity index (χ4v) is 8.57. The van der Waals surface area contributed by atoms with Crippen molar-refractivity contribution >= 4 is 58.2 Å². The molecule has 6 atom stereocenters. The summed E-state index contributed by atoms with van der Waals surface area (Å²) in [5.74, 6) is -5.17. The van der Waals surface area contributed by atoms with Gasteiger partial charge in [-0.25, -0.2) is 0 Å². The number of amides is 4. The van der Waals surface area contributed by atoms with Gasteiger partial charge in [0, 0.05) is 37.1 Å². The van der Waals surface area contributed by atoms with Crippen molar-refractivity contribution in [3.05, 3.63) is 81.6 Å². The summed E-state index contributed by atoms with van der Waals surface area (Å²) in [7, 11) is 1.31. The van der Waals surface area contributed by atoms with Gasteiger partial charge >= 0.3 is 0 Å². The van der Waals surface area contributed by atoms with Gasteiger partial charge in [-0.1, -0.05) is 11.6 Å². The van der Waals surface area contributed by atoms with Crippen LogP contribution in [0.1, 0.15) is 18.4 Å². The number of benzene rings is 2. The zero-order chi connectivity index (χ0) is 30.6. The van der Waals surface area contributed by atoms with Gasteiger partial charge in [0.25, 0.3) is 17.5 Å². The Bertz CT molecular complexity index is 1740. The van der Waals surface area contributed by atoms with Crippen LogP contribution in [0.5, 0.6) is 11.5 Å². The van der Waals surface area contributed by atoms with Crippen molar-refractivity contribution in [1.82, 2.24) is 4.90 Å². The minimum atomic E-state index is -1.94. The first kappa shape index (κ1) is 27.6. The molecule has 220 valence electrons. The number of non-ortho nitro benzene ring substituents is 1. The normalized spacial score (nSPS) is 32.8. The molecule has 3 aliphatic heterocycles. The number of rotatable bonds is 3. The maximum Gasteiger partial charge on any atom is 0.269 e. The molecule has 0 bridgehead atoms. The molecule has 4 amide bonds. The molecule has 1 N–H and O–H groups in total. The van der Waals surface area contributed by atoms with Gasteiger partial charge in [-0.15, -0.1) is 23.2 Å². The largest absolute Gasteiger partial charge is 0.508 e. The van der Waals surface area contributed by atoms with Crippen LogP contribution in [0, 0.1) is 33.8 Å². The molecule has 11 nitrogen and oxygen atoms in total. The van der Waals surface area contributed by atoms with Crippen LogP contribution in [0.25, 0.3) is 0 Å². The Morgan fingerprint density at radius 3 is 2.44 bits per heavy atom. The SMILES string of the molecule is CN1C(=O)C2(Cl)CC3C(=CCC4C(=O)N(c5ccc([N+](=O)[O-])cc5)C(=O)C43)C(C3=COc4ccc(O)cc4C3)C2(Cl)C1=O. The lowest BCUT2D eigenvalue weighted by Gasteiger charge is -2.51. The Morgan fingerprint density at radius 1 is 1.02 bits per heavy atom. The summed E-state index contributed by atoms with van der Waals surface area (Å²) in [6.07, 6.45) is 3.53. The molecule has 3 fully saturated rings. The number of halogens is 2. The summed E-state index contributed by atoms with van der Waals surface area (Å²) in [5.41, 5.74) is 1.80. The van der Waals surface area contributed by atoms with Crippen molar-refractivity contribution in [2.24, 2.45) is 23.7 Å². The molecule has 0 aromatic heterocycles. The number of anilines is 1. The predicted octanol–water partition coefficient (Wildman–Crippen LogP) is 3.85. The van der Waals surface area contributed by atoms with E-state index in [1.807, 2.05) is 6.08 Å². The van der Waals surface area contributed by atoms with E-state index < -0.39 is 62.0 Å². The van der Waals surface area contributed by atoms with Crippen molar-refractivity contribution in [3.63, 3.8) is 0 Å². The zero-order valence-electron chi connectivity index (χ0n) is 22.5. The van der Waals surface area contributed by atoms with Crippen LogP contribution < -0.4 is 9.64 Å². The number of fused-ring (bicyclic) bond motifs is 5. The second-order valence-electron chi connectivity index (χ2n) is 11.6. The highest BCUT2D eigenvalue weighted by Gasteiger charge is 2.76. The van der Waals surface area contributed by atoms with Gasteiger partial charge < -0.3 is 9.84 Å². The minimum absolute atomic E-state index is 0.0189. The standard InChI is InChI=1S/C30H23Cl2N3O8/c1-33-27(39)29(31)12-21-19(24(30(29,32)28(33)40)15-10-14-11-18(36)6-9-22(14)43-13-15)7-8-20-23(21)26(38)34(25(20)37)16-2-4-17(5-3-16)35(41)42/h2-7,9,11,13,20-21,23-24,36H,8,10,12H2,1H3. The number of nitro groups is 1. The molecule has 0 radical (unpaired) electrons. The lowest BCUT2D eigenvalue weighted by molar-refractivity contribution is -0.384. The fraction of sp³-hybridized carbons (Fsp3) is 0.333. The highest BCUT2D eigenvalue weighted by atomic mass is 35.5. The van der Waals surface area contributed by atoms with Crippen LogP contribution in [0.2, 0.25) is 0 Å². The van der Waals surface area contributed by atoms with E-state index in [2.05, 4.69) is 0 Å². The van der Waals surface area contributed by atoms with Crippen molar-refractivity contribution < 1.29 is 33.9 Å². The molecule has 6 unspecified atom stereocenters. The van der Waals surface area contributed by atoms with E-state index in [4.69, 9.17) is 27.9 Å². The minimum Gasteiger partial charge on any atom is -0.508 e. The maximum atomic E-state index is 14.0. The Kier molecular flexibility index (Phi) is 5.87. The Morgan fingerprint density at radius 2 is 1.74 bits per heavy atom. The van der Waals surface area contributed by atoms with Crippen LogP contribution in [0.3, 0.4) is 0 Å². The number of carbonyl (C=O) groups is 4. The number of ether oxygens (including phenoxy) is 1. The number of aromatic hydroxyl groups is 1. The first-order chi connectivity index (χ1) is 20.4. The first-order valence-electron chi connectivity index (χ1n) is 13.6. The van der Waals surface area contributed by atoms with Crippen molar-refractivity contribution in [3.8, 4) is 11.5 Å². The number of phenols is 1. The number of phenolic OH excluding ortho intramolecular Hbond substituents is 1. The average Bonchev–Trinajstić information content (AvgIpc) is 3.31. The van der Waals surface area contributed by atoms with Crippen LogP contribution >= 0.6 is 23.2 Å². The van der Waals surface area contributed by atoms with E-state index >= 15 is 0 Å². The van der Waals surface area contributed by atoms with Crippen LogP contribution in [-0.4, -0.2) is 55.4 Å².